The van der Waals surface area contributed by atoms with Gasteiger partial charge in [-0.1, -0.05) is 12.1 Å². The van der Waals surface area contributed by atoms with Crippen molar-refractivity contribution in [2.45, 2.75) is 13.0 Å². The van der Waals surface area contributed by atoms with E-state index >= 15 is 0 Å². The zero-order valence-corrected chi connectivity index (χ0v) is 16.1. The third-order valence-electron chi connectivity index (χ3n) is 4.83. The van der Waals surface area contributed by atoms with Crippen LogP contribution in [0.5, 0.6) is 17.2 Å². The highest BCUT2D eigenvalue weighted by molar-refractivity contribution is 5.98. The average Bonchev–Trinajstić information content (AvgIpc) is 2.72. The van der Waals surface area contributed by atoms with Crippen LogP contribution in [0, 0.1) is 6.92 Å². The van der Waals surface area contributed by atoms with E-state index in [9.17, 15) is 4.79 Å². The van der Waals surface area contributed by atoms with E-state index in [-0.39, 0.29) is 12.0 Å². The second-order valence-electron chi connectivity index (χ2n) is 6.86. The van der Waals surface area contributed by atoms with Crippen molar-refractivity contribution >= 4 is 16.8 Å². The van der Waals surface area contributed by atoms with E-state index in [1.165, 1.54) is 0 Å². The van der Waals surface area contributed by atoms with Crippen LogP contribution in [0.25, 0.3) is 10.9 Å². The molecule has 1 aliphatic rings. The number of benzene rings is 2. The molecule has 3 aromatic rings. The van der Waals surface area contributed by atoms with Gasteiger partial charge in [-0.15, -0.1) is 0 Å². The van der Waals surface area contributed by atoms with Crippen LogP contribution >= 0.6 is 0 Å². The molecule has 6 nitrogen and oxygen atoms in total. The lowest BCUT2D eigenvalue weighted by molar-refractivity contribution is 0.0520. The topological polar surface area (TPSA) is 60.9 Å². The van der Waals surface area contributed by atoms with Crippen LogP contribution in [0.1, 0.15) is 16.1 Å². The molecule has 1 aliphatic heterocycles. The number of likely N-dealkylation sites (N-methyl/N-ethyl adjacent to an activating group) is 1. The molecule has 0 spiro atoms. The Bertz CT molecular complexity index is 1030. The average molecular weight is 378 g/mol. The fraction of sp³-hybridized carbons (Fsp3) is 0.273. The monoisotopic (exact) mass is 378 g/mol. The number of nitrogens with zero attached hydrogens (tertiary/aromatic N) is 2. The summed E-state index contributed by atoms with van der Waals surface area (Å²) in [6.45, 7) is 2.67. The van der Waals surface area contributed by atoms with Gasteiger partial charge < -0.3 is 19.1 Å². The summed E-state index contributed by atoms with van der Waals surface area (Å²) in [6.07, 6.45) is -0.224. The number of carbonyl (C=O) groups is 1. The molecule has 0 saturated carbocycles. The van der Waals surface area contributed by atoms with Crippen LogP contribution in [-0.2, 0) is 0 Å². The summed E-state index contributed by atoms with van der Waals surface area (Å²) in [4.78, 5) is 19.3. The Morgan fingerprint density at radius 2 is 2.00 bits per heavy atom. The van der Waals surface area contributed by atoms with Crippen LogP contribution in [0.15, 0.2) is 48.5 Å². The van der Waals surface area contributed by atoms with Gasteiger partial charge >= 0.3 is 0 Å². The molecule has 0 N–H and O–H groups in total. The van der Waals surface area contributed by atoms with E-state index < -0.39 is 0 Å². The summed E-state index contributed by atoms with van der Waals surface area (Å²) >= 11 is 0. The number of carbonyl (C=O) groups excluding carboxylic acids is 1. The summed E-state index contributed by atoms with van der Waals surface area (Å²) in [5, 5.41) is 0.868. The van der Waals surface area contributed by atoms with Crippen molar-refractivity contribution in [1.29, 1.82) is 0 Å². The molecule has 0 bridgehead atoms. The van der Waals surface area contributed by atoms with E-state index in [1.807, 2.05) is 55.5 Å². The number of amides is 1. The van der Waals surface area contributed by atoms with Gasteiger partial charge in [0.15, 0.2) is 17.6 Å². The predicted molar refractivity (Wildman–Crippen MR) is 106 cm³/mol. The highest BCUT2D eigenvalue weighted by atomic mass is 16.6. The maximum absolute atomic E-state index is 13.0. The lowest BCUT2D eigenvalue weighted by atomic mass is 10.1. The molecule has 1 aromatic heterocycles. The normalized spacial score (nSPS) is 15.3. The molecular weight excluding hydrogens is 356 g/mol. The molecule has 0 saturated heterocycles. The number of pyridine rings is 1. The Balaban J connectivity index is 1.53. The molecule has 0 radical (unpaired) electrons. The lowest BCUT2D eigenvalue weighted by Crippen LogP contribution is -2.42. The third-order valence-corrected chi connectivity index (χ3v) is 4.83. The molecule has 2 aromatic carbocycles. The van der Waals surface area contributed by atoms with E-state index in [4.69, 9.17) is 14.2 Å². The Morgan fingerprint density at radius 3 is 2.79 bits per heavy atom. The highest BCUT2D eigenvalue weighted by Crippen LogP contribution is 2.31. The molecule has 28 heavy (non-hydrogen) atoms. The van der Waals surface area contributed by atoms with E-state index in [1.54, 1.807) is 19.1 Å². The van der Waals surface area contributed by atoms with Gasteiger partial charge in [-0.05, 0) is 43.3 Å². The zero-order valence-electron chi connectivity index (χ0n) is 16.1. The number of hydrogen-bond donors (Lipinski definition) is 0. The molecule has 2 heterocycles. The number of methoxy groups -OCH3 is 1. The van der Waals surface area contributed by atoms with Crippen LogP contribution in [-0.4, -0.2) is 49.2 Å². The lowest BCUT2D eigenvalue weighted by Gasteiger charge is -2.29. The van der Waals surface area contributed by atoms with Crippen LogP contribution in [0.4, 0.5) is 0 Å². The SMILES string of the molecule is COc1ccc2nc(C)c(C(=O)N(C)C[C@@H]3COc4ccccc4O3)cc2c1. The van der Waals surface area contributed by atoms with Crippen molar-refractivity contribution in [3.63, 3.8) is 0 Å². The van der Waals surface area contributed by atoms with Crippen molar-refractivity contribution < 1.29 is 19.0 Å². The second-order valence-corrected chi connectivity index (χ2v) is 6.86. The summed E-state index contributed by atoms with van der Waals surface area (Å²) in [5.74, 6) is 2.07. The molecule has 144 valence electrons. The van der Waals surface area contributed by atoms with Crippen molar-refractivity contribution in [3.05, 3.63) is 59.8 Å². The molecule has 0 unspecified atom stereocenters. The Hall–Kier alpha value is -3.28. The number of aryl methyl sites for hydroxylation is 1. The van der Waals surface area contributed by atoms with Gasteiger partial charge in [-0.3, -0.25) is 9.78 Å². The molecule has 4 rings (SSSR count). The molecule has 6 heteroatoms. The zero-order chi connectivity index (χ0) is 19.7. The Labute approximate surface area is 163 Å². The third kappa shape index (κ3) is 3.45. The highest BCUT2D eigenvalue weighted by Gasteiger charge is 2.25. The van der Waals surface area contributed by atoms with Gasteiger partial charge in [0.25, 0.3) is 5.91 Å². The Morgan fingerprint density at radius 1 is 1.21 bits per heavy atom. The van der Waals surface area contributed by atoms with Gasteiger partial charge in [0.05, 0.1) is 30.4 Å². The van der Waals surface area contributed by atoms with Gasteiger partial charge in [0, 0.05) is 12.4 Å². The summed E-state index contributed by atoms with van der Waals surface area (Å²) < 4.78 is 17.0. The maximum atomic E-state index is 13.0. The number of aromatic nitrogens is 1. The number of rotatable bonds is 4. The van der Waals surface area contributed by atoms with E-state index in [0.717, 1.165) is 22.4 Å². The number of para-hydroxylation sites is 2. The van der Waals surface area contributed by atoms with Crippen molar-refractivity contribution in [1.82, 2.24) is 9.88 Å². The summed E-state index contributed by atoms with van der Waals surface area (Å²) in [6, 6.07) is 15.1. The summed E-state index contributed by atoms with van der Waals surface area (Å²) in [7, 11) is 3.38. The molecule has 0 fully saturated rings. The van der Waals surface area contributed by atoms with E-state index in [0.29, 0.717) is 30.2 Å². The smallest absolute Gasteiger partial charge is 0.255 e. The first kappa shape index (κ1) is 18.1. The van der Waals surface area contributed by atoms with Crippen LogP contribution in [0.3, 0.4) is 0 Å². The minimum atomic E-state index is -0.224. The fourth-order valence-electron chi connectivity index (χ4n) is 3.34. The molecule has 1 atom stereocenters. The molecular formula is C22H22N2O4. The minimum Gasteiger partial charge on any atom is -0.497 e. The standard InChI is InChI=1S/C22H22N2O4/c1-14-18(11-15-10-16(26-3)8-9-19(15)23-14)22(25)24(2)12-17-13-27-20-6-4-5-7-21(20)28-17/h4-11,17H,12-13H2,1-3H3/t17-/m1/s1. The van der Waals surface area contributed by atoms with Gasteiger partial charge in [0.1, 0.15) is 12.4 Å². The predicted octanol–water partition coefficient (Wildman–Crippen LogP) is 3.46. The quantitative estimate of drug-likeness (QED) is 0.696. The minimum absolute atomic E-state index is 0.0998. The van der Waals surface area contributed by atoms with Crippen molar-refractivity contribution in [3.8, 4) is 17.2 Å². The fourth-order valence-corrected chi connectivity index (χ4v) is 3.34. The maximum Gasteiger partial charge on any atom is 0.255 e. The first-order valence-corrected chi connectivity index (χ1v) is 9.14. The van der Waals surface area contributed by atoms with Gasteiger partial charge in [-0.25, -0.2) is 0 Å². The number of hydrogen-bond acceptors (Lipinski definition) is 5. The number of ether oxygens (including phenoxy) is 3. The largest absolute Gasteiger partial charge is 0.497 e. The number of fused-ring (bicyclic) bond motifs is 2. The Kier molecular flexibility index (Phi) is 4.77. The second kappa shape index (κ2) is 7.38. The van der Waals surface area contributed by atoms with Crippen molar-refractivity contribution in [2.75, 3.05) is 27.3 Å². The molecule has 0 aliphatic carbocycles. The van der Waals surface area contributed by atoms with Gasteiger partial charge in [0.2, 0.25) is 0 Å². The van der Waals surface area contributed by atoms with Crippen LogP contribution in [0.2, 0.25) is 0 Å². The first-order chi connectivity index (χ1) is 13.5. The van der Waals surface area contributed by atoms with Gasteiger partial charge in [-0.2, -0.15) is 0 Å². The molecule has 1 amide bonds. The summed E-state index contributed by atoms with van der Waals surface area (Å²) in [5.41, 5.74) is 2.10. The van der Waals surface area contributed by atoms with Crippen LogP contribution < -0.4 is 14.2 Å². The van der Waals surface area contributed by atoms with Crippen molar-refractivity contribution in [2.24, 2.45) is 0 Å². The van der Waals surface area contributed by atoms with E-state index in [2.05, 4.69) is 4.98 Å². The first-order valence-electron chi connectivity index (χ1n) is 9.14.